The molecule has 0 radical (unpaired) electrons. The number of hydrazone groups is 1. The molecule has 1 aliphatic carbocycles. The fourth-order valence-electron chi connectivity index (χ4n) is 4.32. The van der Waals surface area contributed by atoms with Gasteiger partial charge in [0.25, 0.3) is 5.95 Å². The van der Waals surface area contributed by atoms with E-state index in [0.717, 1.165) is 40.5 Å². The second kappa shape index (κ2) is 6.10. The molecule has 0 amide bonds. The average Bonchev–Trinajstić information content (AvgIpc) is 3.34. The molecule has 0 fully saturated rings. The minimum Gasteiger partial charge on any atom is -0.338 e. The zero-order valence-electron chi connectivity index (χ0n) is 15.9. The predicted octanol–water partition coefficient (Wildman–Crippen LogP) is 4.59. The standard InChI is InChI=1S/C23H18N6/c1-13(16-12-11-15-10-9-14-5-4-7-17(16)20(14)15)26-28-23-25-22-21(27-29-23)18-6-2-3-8-19(18)24-22/h2-8,11-12H,9-10H2,1H3,(H2,24,25,28,29)/b26-13-. The third-order valence-corrected chi connectivity index (χ3v) is 5.71. The zero-order chi connectivity index (χ0) is 19.4. The molecule has 0 spiro atoms. The third-order valence-electron chi connectivity index (χ3n) is 5.71. The van der Waals surface area contributed by atoms with E-state index < -0.39 is 0 Å². The lowest BCUT2D eigenvalue weighted by atomic mass is 9.98. The van der Waals surface area contributed by atoms with Crippen LogP contribution in [0.25, 0.3) is 32.8 Å². The number of anilines is 1. The summed E-state index contributed by atoms with van der Waals surface area (Å²) in [6.07, 6.45) is 2.24. The number of nitrogens with one attached hydrogen (secondary N) is 2. The molecule has 0 saturated carbocycles. The van der Waals surface area contributed by atoms with E-state index in [1.54, 1.807) is 0 Å². The third kappa shape index (κ3) is 2.49. The normalized spacial score (nSPS) is 13.6. The molecule has 0 atom stereocenters. The van der Waals surface area contributed by atoms with Crippen LogP contribution in [-0.2, 0) is 12.8 Å². The Bertz CT molecular complexity index is 1440. The fraction of sp³-hybridized carbons (Fsp3) is 0.130. The first-order valence-electron chi connectivity index (χ1n) is 9.73. The molecule has 6 heteroatoms. The molecule has 2 N–H and O–H groups in total. The van der Waals surface area contributed by atoms with Crippen molar-refractivity contribution in [3.63, 3.8) is 0 Å². The Labute approximate surface area is 166 Å². The maximum absolute atomic E-state index is 4.54. The molecule has 0 aliphatic heterocycles. The quantitative estimate of drug-likeness (QED) is 0.355. The van der Waals surface area contributed by atoms with E-state index in [4.69, 9.17) is 0 Å². The maximum atomic E-state index is 4.54. The lowest BCUT2D eigenvalue weighted by Gasteiger charge is -2.09. The van der Waals surface area contributed by atoms with Gasteiger partial charge in [-0.25, -0.2) is 5.43 Å². The van der Waals surface area contributed by atoms with E-state index in [1.807, 2.05) is 31.2 Å². The highest BCUT2D eigenvalue weighted by Crippen LogP contribution is 2.33. The van der Waals surface area contributed by atoms with Crippen molar-refractivity contribution in [1.29, 1.82) is 0 Å². The number of rotatable bonds is 3. The zero-order valence-corrected chi connectivity index (χ0v) is 15.9. The number of nitrogens with zero attached hydrogens (tertiary/aromatic N) is 4. The Hall–Kier alpha value is -3.80. The summed E-state index contributed by atoms with van der Waals surface area (Å²) in [4.78, 5) is 7.81. The summed E-state index contributed by atoms with van der Waals surface area (Å²) in [7, 11) is 0. The minimum absolute atomic E-state index is 0.370. The topological polar surface area (TPSA) is 78.8 Å². The van der Waals surface area contributed by atoms with Crippen LogP contribution >= 0.6 is 0 Å². The fourth-order valence-corrected chi connectivity index (χ4v) is 4.32. The molecule has 3 aromatic carbocycles. The molecule has 0 bridgehead atoms. The van der Waals surface area contributed by atoms with Crippen molar-refractivity contribution in [2.45, 2.75) is 19.8 Å². The summed E-state index contributed by atoms with van der Waals surface area (Å²) in [6.45, 7) is 2.00. The Morgan fingerprint density at radius 3 is 2.69 bits per heavy atom. The Morgan fingerprint density at radius 2 is 1.76 bits per heavy atom. The van der Waals surface area contributed by atoms with Crippen molar-refractivity contribution in [2.24, 2.45) is 5.10 Å². The Kier molecular flexibility index (Phi) is 3.41. The van der Waals surface area contributed by atoms with E-state index >= 15 is 0 Å². The number of H-pyrrole nitrogens is 1. The first-order chi connectivity index (χ1) is 14.3. The number of fused-ring (bicyclic) bond motifs is 3. The first-order valence-corrected chi connectivity index (χ1v) is 9.73. The number of benzene rings is 3. The lowest BCUT2D eigenvalue weighted by molar-refractivity contribution is 1.01. The van der Waals surface area contributed by atoms with E-state index in [2.05, 4.69) is 61.0 Å². The predicted molar refractivity (Wildman–Crippen MR) is 116 cm³/mol. The summed E-state index contributed by atoms with van der Waals surface area (Å²) in [5.74, 6) is 0.370. The molecule has 6 rings (SSSR count). The van der Waals surface area contributed by atoms with Crippen LogP contribution in [0.15, 0.2) is 59.7 Å². The second-order valence-corrected chi connectivity index (χ2v) is 7.42. The smallest absolute Gasteiger partial charge is 0.265 e. The van der Waals surface area contributed by atoms with Gasteiger partial charge >= 0.3 is 0 Å². The van der Waals surface area contributed by atoms with E-state index in [0.29, 0.717) is 11.6 Å². The second-order valence-electron chi connectivity index (χ2n) is 7.42. The summed E-state index contributed by atoms with van der Waals surface area (Å²) in [5.41, 5.74) is 10.3. The lowest BCUT2D eigenvalue weighted by Crippen LogP contribution is -2.04. The van der Waals surface area contributed by atoms with Gasteiger partial charge in [0.05, 0.1) is 5.71 Å². The molecular formula is C23H18N6. The number of aromatic amines is 1. The highest BCUT2D eigenvalue weighted by Gasteiger charge is 2.16. The van der Waals surface area contributed by atoms with Crippen LogP contribution < -0.4 is 5.43 Å². The molecular weight excluding hydrogens is 360 g/mol. The van der Waals surface area contributed by atoms with Crippen LogP contribution in [0.3, 0.4) is 0 Å². The average molecular weight is 378 g/mol. The first kappa shape index (κ1) is 16.2. The monoisotopic (exact) mass is 378 g/mol. The number of hydrogen-bond donors (Lipinski definition) is 2. The molecule has 0 unspecified atom stereocenters. The summed E-state index contributed by atoms with van der Waals surface area (Å²) >= 11 is 0. The van der Waals surface area contributed by atoms with Crippen molar-refractivity contribution < 1.29 is 0 Å². The van der Waals surface area contributed by atoms with E-state index in [9.17, 15) is 0 Å². The van der Waals surface area contributed by atoms with Crippen molar-refractivity contribution in [3.8, 4) is 0 Å². The molecule has 1 aliphatic rings. The summed E-state index contributed by atoms with van der Waals surface area (Å²) in [5, 5.41) is 16.7. The molecule has 6 nitrogen and oxygen atoms in total. The van der Waals surface area contributed by atoms with Crippen LogP contribution in [0.1, 0.15) is 23.6 Å². The van der Waals surface area contributed by atoms with Crippen molar-refractivity contribution >= 4 is 44.5 Å². The van der Waals surface area contributed by atoms with Gasteiger partial charge in [0.2, 0.25) is 0 Å². The largest absolute Gasteiger partial charge is 0.338 e. The van der Waals surface area contributed by atoms with E-state index in [-0.39, 0.29) is 0 Å². The van der Waals surface area contributed by atoms with Gasteiger partial charge in [-0.05, 0) is 47.7 Å². The van der Waals surface area contributed by atoms with Crippen molar-refractivity contribution in [2.75, 3.05) is 5.43 Å². The number of aryl methyl sites for hydroxylation is 2. The molecule has 2 aromatic heterocycles. The van der Waals surface area contributed by atoms with Crippen molar-refractivity contribution in [1.82, 2.24) is 20.2 Å². The molecule has 29 heavy (non-hydrogen) atoms. The van der Waals surface area contributed by atoms with Crippen LogP contribution in [0.5, 0.6) is 0 Å². The van der Waals surface area contributed by atoms with Crippen LogP contribution in [0.2, 0.25) is 0 Å². The van der Waals surface area contributed by atoms with Gasteiger partial charge in [-0.3, -0.25) is 0 Å². The van der Waals surface area contributed by atoms with Crippen LogP contribution in [-0.4, -0.2) is 25.9 Å². The van der Waals surface area contributed by atoms with Crippen molar-refractivity contribution in [3.05, 3.63) is 71.3 Å². The summed E-state index contributed by atoms with van der Waals surface area (Å²) < 4.78 is 0. The van der Waals surface area contributed by atoms with Gasteiger partial charge in [-0.2, -0.15) is 10.1 Å². The minimum atomic E-state index is 0.370. The molecule has 5 aromatic rings. The highest BCUT2D eigenvalue weighted by molar-refractivity contribution is 6.11. The SMILES string of the molecule is C/C(=N/Nc1nnc2c(n1)[nH]c1ccccc12)c1ccc2c3c(cccc13)CC2. The van der Waals surface area contributed by atoms with Crippen LogP contribution in [0.4, 0.5) is 5.95 Å². The van der Waals surface area contributed by atoms with Gasteiger partial charge in [0.1, 0.15) is 5.52 Å². The maximum Gasteiger partial charge on any atom is 0.265 e. The van der Waals surface area contributed by atoms with Gasteiger partial charge in [-0.1, -0.05) is 48.5 Å². The van der Waals surface area contributed by atoms with Gasteiger partial charge in [0.15, 0.2) is 5.65 Å². The van der Waals surface area contributed by atoms with Crippen LogP contribution in [0, 0.1) is 0 Å². The molecule has 0 saturated heterocycles. The van der Waals surface area contributed by atoms with Gasteiger partial charge in [0, 0.05) is 16.5 Å². The molecule has 2 heterocycles. The number of hydrogen-bond acceptors (Lipinski definition) is 5. The van der Waals surface area contributed by atoms with Gasteiger partial charge < -0.3 is 4.98 Å². The van der Waals surface area contributed by atoms with Gasteiger partial charge in [-0.15, -0.1) is 10.2 Å². The summed E-state index contributed by atoms with van der Waals surface area (Å²) in [6, 6.07) is 18.9. The highest BCUT2D eigenvalue weighted by atomic mass is 15.4. The van der Waals surface area contributed by atoms with E-state index in [1.165, 1.54) is 21.9 Å². The Morgan fingerprint density at radius 1 is 0.931 bits per heavy atom. The molecule has 140 valence electrons. The Balaban J connectivity index is 1.37. The number of para-hydroxylation sites is 1. The number of aromatic nitrogens is 4.